The molecule has 0 spiro atoms. The van der Waals surface area contributed by atoms with E-state index in [-0.39, 0.29) is 5.91 Å². The monoisotopic (exact) mass is 299 g/mol. The number of thioether (sulfide) groups is 1. The first-order chi connectivity index (χ1) is 8.99. The van der Waals surface area contributed by atoms with Crippen LogP contribution in [-0.2, 0) is 4.79 Å². The van der Waals surface area contributed by atoms with Crippen LogP contribution < -0.4 is 11.1 Å². The van der Waals surface area contributed by atoms with Crippen LogP contribution in [0.3, 0.4) is 0 Å². The van der Waals surface area contributed by atoms with E-state index in [2.05, 4.69) is 10.3 Å². The topological polar surface area (TPSA) is 68.0 Å². The number of nitrogens with one attached hydrogen (secondary N) is 1. The van der Waals surface area contributed by atoms with Gasteiger partial charge in [-0.25, -0.2) is 4.98 Å². The molecule has 0 aliphatic heterocycles. The summed E-state index contributed by atoms with van der Waals surface area (Å²) in [6.07, 6.45) is 4.58. The summed E-state index contributed by atoms with van der Waals surface area (Å²) in [5.74, 6) is 0.498. The number of pyridine rings is 1. The van der Waals surface area contributed by atoms with Crippen LogP contribution in [0.15, 0.2) is 23.4 Å². The van der Waals surface area contributed by atoms with Gasteiger partial charge in [0, 0.05) is 18.0 Å². The molecule has 1 heterocycles. The molecule has 1 unspecified atom stereocenters. The van der Waals surface area contributed by atoms with Gasteiger partial charge in [-0.15, -0.1) is 11.8 Å². The predicted molar refractivity (Wildman–Crippen MR) is 78.3 cm³/mol. The summed E-state index contributed by atoms with van der Waals surface area (Å²) in [4.78, 5) is 15.8. The van der Waals surface area contributed by atoms with Gasteiger partial charge in [0.15, 0.2) is 0 Å². The number of hydrogen-bond acceptors (Lipinski definition) is 4. The molecule has 0 radical (unpaired) electrons. The maximum atomic E-state index is 11.6. The SMILES string of the molecule is CC(CCSc1ccc(Cl)cn1)(NC1CC1)C(N)=O. The van der Waals surface area contributed by atoms with Crippen LogP contribution in [0.25, 0.3) is 0 Å². The van der Waals surface area contributed by atoms with Crippen LogP contribution in [0, 0.1) is 0 Å². The maximum Gasteiger partial charge on any atom is 0.237 e. The number of aromatic nitrogens is 1. The molecule has 1 fully saturated rings. The highest BCUT2D eigenvalue weighted by Crippen LogP contribution is 2.26. The van der Waals surface area contributed by atoms with Gasteiger partial charge in [-0.2, -0.15) is 0 Å². The fourth-order valence-electron chi connectivity index (χ4n) is 1.75. The lowest BCUT2D eigenvalue weighted by Gasteiger charge is -2.27. The van der Waals surface area contributed by atoms with Crippen LogP contribution in [-0.4, -0.2) is 28.2 Å². The zero-order valence-corrected chi connectivity index (χ0v) is 12.4. The Hall–Kier alpha value is -0.780. The van der Waals surface area contributed by atoms with Gasteiger partial charge >= 0.3 is 0 Å². The van der Waals surface area contributed by atoms with Crippen molar-refractivity contribution < 1.29 is 4.79 Å². The van der Waals surface area contributed by atoms with Crippen LogP contribution in [0.2, 0.25) is 5.02 Å². The molecule has 2 rings (SSSR count). The summed E-state index contributed by atoms with van der Waals surface area (Å²) >= 11 is 7.38. The Kier molecular flexibility index (Phi) is 4.71. The van der Waals surface area contributed by atoms with Crippen molar-refractivity contribution >= 4 is 29.3 Å². The fraction of sp³-hybridized carbons (Fsp3) is 0.538. The van der Waals surface area contributed by atoms with Crippen molar-refractivity contribution in [2.75, 3.05) is 5.75 Å². The van der Waals surface area contributed by atoms with Gasteiger partial charge < -0.3 is 11.1 Å². The molecule has 19 heavy (non-hydrogen) atoms. The molecule has 1 aromatic rings. The molecule has 0 saturated heterocycles. The molecule has 0 aromatic carbocycles. The molecule has 104 valence electrons. The Bertz CT molecular complexity index is 450. The van der Waals surface area contributed by atoms with E-state index in [9.17, 15) is 4.79 Å². The second-order valence-electron chi connectivity index (χ2n) is 5.03. The maximum absolute atomic E-state index is 11.6. The number of nitrogens with two attached hydrogens (primary N) is 1. The third-order valence-corrected chi connectivity index (χ3v) is 4.37. The lowest BCUT2D eigenvalue weighted by atomic mass is 9.98. The normalized spacial score (nSPS) is 18.0. The van der Waals surface area contributed by atoms with Crippen molar-refractivity contribution in [2.45, 2.75) is 42.8 Å². The molecule has 1 aliphatic rings. The third kappa shape index (κ3) is 4.37. The number of hydrogen-bond donors (Lipinski definition) is 2. The number of primary amides is 1. The highest BCUT2D eigenvalue weighted by atomic mass is 35.5. The predicted octanol–water partition coefficient (Wildman–Crippen LogP) is 2.21. The number of halogens is 1. The molecule has 1 saturated carbocycles. The highest BCUT2D eigenvalue weighted by molar-refractivity contribution is 7.99. The Labute approximate surface area is 122 Å². The molecule has 1 atom stereocenters. The summed E-state index contributed by atoms with van der Waals surface area (Å²) in [7, 11) is 0. The van der Waals surface area contributed by atoms with Gasteiger partial charge in [0.05, 0.1) is 15.6 Å². The second-order valence-corrected chi connectivity index (χ2v) is 6.58. The van der Waals surface area contributed by atoms with Gasteiger partial charge in [0.1, 0.15) is 0 Å². The average molecular weight is 300 g/mol. The molecule has 0 bridgehead atoms. The lowest BCUT2D eigenvalue weighted by molar-refractivity contribution is -0.124. The van der Waals surface area contributed by atoms with Gasteiger partial charge in [-0.05, 0) is 38.3 Å². The van der Waals surface area contributed by atoms with E-state index < -0.39 is 5.54 Å². The summed E-state index contributed by atoms with van der Waals surface area (Å²) < 4.78 is 0. The molecular weight excluding hydrogens is 282 g/mol. The van der Waals surface area contributed by atoms with Crippen molar-refractivity contribution in [2.24, 2.45) is 5.73 Å². The van der Waals surface area contributed by atoms with E-state index in [1.807, 2.05) is 19.1 Å². The summed E-state index contributed by atoms with van der Waals surface area (Å²) in [5.41, 5.74) is 4.88. The van der Waals surface area contributed by atoms with E-state index in [1.54, 1.807) is 18.0 Å². The van der Waals surface area contributed by atoms with Crippen molar-refractivity contribution in [3.05, 3.63) is 23.4 Å². The number of carbonyl (C=O) groups is 1. The van der Waals surface area contributed by atoms with Gasteiger partial charge in [0.2, 0.25) is 5.91 Å². The van der Waals surface area contributed by atoms with Gasteiger partial charge in [0.25, 0.3) is 0 Å². The Balaban J connectivity index is 1.84. The summed E-state index contributed by atoms with van der Waals surface area (Å²) in [5, 5.41) is 4.86. The standard InChI is InChI=1S/C13H18ClN3OS/c1-13(12(15)18,17-10-3-4-10)6-7-19-11-5-2-9(14)8-16-11/h2,5,8,10,17H,3-4,6-7H2,1H3,(H2,15,18). The van der Waals surface area contributed by atoms with Gasteiger partial charge in [-0.1, -0.05) is 11.6 Å². The molecular formula is C13H18ClN3OS. The molecule has 1 aliphatic carbocycles. The Morgan fingerprint density at radius 2 is 2.37 bits per heavy atom. The number of carbonyl (C=O) groups excluding carboxylic acids is 1. The fourth-order valence-corrected chi connectivity index (χ4v) is 2.87. The lowest BCUT2D eigenvalue weighted by Crippen LogP contribution is -2.54. The van der Waals surface area contributed by atoms with Crippen molar-refractivity contribution in [1.29, 1.82) is 0 Å². The first kappa shape index (κ1) is 14.6. The second kappa shape index (κ2) is 6.11. The van der Waals surface area contributed by atoms with E-state index in [0.717, 1.165) is 23.6 Å². The largest absolute Gasteiger partial charge is 0.368 e. The molecule has 1 amide bonds. The number of rotatable bonds is 7. The van der Waals surface area contributed by atoms with E-state index in [1.165, 1.54) is 0 Å². The molecule has 3 N–H and O–H groups in total. The zero-order valence-electron chi connectivity index (χ0n) is 10.9. The molecule has 6 heteroatoms. The summed E-state index contributed by atoms with van der Waals surface area (Å²) in [6, 6.07) is 4.14. The smallest absolute Gasteiger partial charge is 0.237 e. The van der Waals surface area contributed by atoms with Crippen LogP contribution >= 0.6 is 23.4 Å². The highest BCUT2D eigenvalue weighted by Gasteiger charge is 2.36. The number of nitrogens with zero attached hydrogens (tertiary/aromatic N) is 1. The Morgan fingerprint density at radius 3 is 2.89 bits per heavy atom. The van der Waals surface area contributed by atoms with E-state index >= 15 is 0 Å². The van der Waals surface area contributed by atoms with Crippen LogP contribution in [0.4, 0.5) is 0 Å². The van der Waals surface area contributed by atoms with E-state index in [4.69, 9.17) is 17.3 Å². The first-order valence-electron chi connectivity index (χ1n) is 6.31. The summed E-state index contributed by atoms with van der Waals surface area (Å²) in [6.45, 7) is 1.88. The van der Waals surface area contributed by atoms with Crippen molar-refractivity contribution in [3.8, 4) is 0 Å². The van der Waals surface area contributed by atoms with Crippen molar-refractivity contribution in [1.82, 2.24) is 10.3 Å². The minimum absolute atomic E-state index is 0.288. The van der Waals surface area contributed by atoms with Gasteiger partial charge in [-0.3, -0.25) is 4.79 Å². The van der Waals surface area contributed by atoms with Crippen LogP contribution in [0.5, 0.6) is 0 Å². The Morgan fingerprint density at radius 1 is 1.63 bits per heavy atom. The third-order valence-electron chi connectivity index (χ3n) is 3.20. The number of amides is 1. The minimum Gasteiger partial charge on any atom is -0.368 e. The molecule has 4 nitrogen and oxygen atoms in total. The zero-order chi connectivity index (χ0) is 13.9. The quantitative estimate of drug-likeness (QED) is 0.758. The van der Waals surface area contributed by atoms with Crippen LogP contribution in [0.1, 0.15) is 26.2 Å². The van der Waals surface area contributed by atoms with E-state index in [0.29, 0.717) is 17.5 Å². The molecule has 1 aromatic heterocycles. The minimum atomic E-state index is -0.624. The first-order valence-corrected chi connectivity index (χ1v) is 7.68. The van der Waals surface area contributed by atoms with Crippen molar-refractivity contribution in [3.63, 3.8) is 0 Å². The average Bonchev–Trinajstić information content (AvgIpc) is 3.15.